The maximum Gasteiger partial charge on any atom is 0.243 e. The van der Waals surface area contributed by atoms with Crippen molar-refractivity contribution >= 4 is 17.5 Å². The molecule has 2 rings (SSSR count). The number of hydrogen-bond acceptors (Lipinski definition) is 4. The van der Waals surface area contributed by atoms with Gasteiger partial charge in [-0.1, -0.05) is 18.2 Å². The van der Waals surface area contributed by atoms with E-state index >= 15 is 0 Å². The average molecular weight is 319 g/mol. The number of ether oxygens (including phenoxy) is 1. The number of carbonyl (C=O) groups is 2. The van der Waals surface area contributed by atoms with Crippen LogP contribution in [0.15, 0.2) is 18.2 Å². The third-order valence-electron chi connectivity index (χ3n) is 4.14. The number of aryl methyl sites for hydroxylation is 2. The van der Waals surface area contributed by atoms with E-state index < -0.39 is 0 Å². The molecule has 1 heterocycles. The van der Waals surface area contributed by atoms with Crippen LogP contribution in [0.1, 0.15) is 18.1 Å². The van der Waals surface area contributed by atoms with Crippen molar-refractivity contribution in [2.75, 3.05) is 38.2 Å². The fourth-order valence-corrected chi connectivity index (χ4v) is 2.64. The average Bonchev–Trinajstić information content (AvgIpc) is 2.56. The summed E-state index contributed by atoms with van der Waals surface area (Å²) in [6.07, 6.45) is 0. The van der Waals surface area contributed by atoms with Gasteiger partial charge >= 0.3 is 0 Å². The Labute approximate surface area is 137 Å². The van der Waals surface area contributed by atoms with Crippen LogP contribution in [-0.2, 0) is 14.3 Å². The highest BCUT2D eigenvalue weighted by Crippen LogP contribution is 2.18. The molecule has 0 spiro atoms. The van der Waals surface area contributed by atoms with Gasteiger partial charge in [0.05, 0.1) is 25.8 Å². The topological polar surface area (TPSA) is 70.7 Å². The van der Waals surface area contributed by atoms with E-state index in [0.717, 1.165) is 29.9 Å². The number of nitrogens with one attached hydrogen (secondary N) is 2. The summed E-state index contributed by atoms with van der Waals surface area (Å²) in [4.78, 5) is 26.3. The number of para-hydroxylation sites is 1. The molecule has 0 radical (unpaired) electrons. The highest BCUT2D eigenvalue weighted by molar-refractivity contribution is 5.96. The zero-order valence-corrected chi connectivity index (χ0v) is 14.0. The molecule has 1 atom stereocenters. The minimum Gasteiger partial charge on any atom is -0.379 e. The summed E-state index contributed by atoms with van der Waals surface area (Å²) < 4.78 is 5.28. The minimum atomic E-state index is -0.258. The van der Waals surface area contributed by atoms with Crippen molar-refractivity contribution in [2.45, 2.75) is 26.8 Å². The van der Waals surface area contributed by atoms with Gasteiger partial charge in [0.15, 0.2) is 0 Å². The van der Waals surface area contributed by atoms with Crippen LogP contribution < -0.4 is 10.6 Å². The molecule has 6 heteroatoms. The Hall–Kier alpha value is -1.92. The zero-order valence-electron chi connectivity index (χ0n) is 14.0. The lowest BCUT2D eigenvalue weighted by atomic mass is 10.1. The number of amides is 2. The van der Waals surface area contributed by atoms with E-state index in [-0.39, 0.29) is 24.4 Å². The summed E-state index contributed by atoms with van der Waals surface area (Å²) >= 11 is 0. The number of morpholine rings is 1. The third kappa shape index (κ3) is 4.77. The molecule has 1 unspecified atom stereocenters. The number of nitrogens with zero attached hydrogens (tertiary/aromatic N) is 1. The maximum atomic E-state index is 12.2. The number of benzene rings is 1. The van der Waals surface area contributed by atoms with E-state index in [4.69, 9.17) is 4.74 Å². The second-order valence-electron chi connectivity index (χ2n) is 5.86. The molecule has 0 aromatic heterocycles. The predicted octanol–water partition coefficient (Wildman–Crippen LogP) is 1.08. The molecule has 0 aliphatic carbocycles. The van der Waals surface area contributed by atoms with Gasteiger partial charge in [-0.2, -0.15) is 0 Å². The normalized spacial score (nSPS) is 16.7. The second kappa shape index (κ2) is 8.08. The van der Waals surface area contributed by atoms with Crippen LogP contribution in [0.25, 0.3) is 0 Å². The van der Waals surface area contributed by atoms with Crippen LogP contribution in [0.5, 0.6) is 0 Å². The highest BCUT2D eigenvalue weighted by Gasteiger charge is 2.23. The first-order valence-corrected chi connectivity index (χ1v) is 7.94. The molecule has 6 nitrogen and oxygen atoms in total. The molecule has 0 saturated carbocycles. The van der Waals surface area contributed by atoms with E-state index in [9.17, 15) is 9.59 Å². The van der Waals surface area contributed by atoms with Crippen molar-refractivity contribution in [3.8, 4) is 0 Å². The predicted molar refractivity (Wildman–Crippen MR) is 89.4 cm³/mol. The van der Waals surface area contributed by atoms with Crippen LogP contribution in [0.4, 0.5) is 5.69 Å². The van der Waals surface area contributed by atoms with E-state index in [0.29, 0.717) is 13.2 Å². The molecular formula is C17H25N3O3. The first-order valence-electron chi connectivity index (χ1n) is 7.94. The molecule has 1 aromatic carbocycles. The molecule has 0 bridgehead atoms. The number of carbonyl (C=O) groups excluding carboxylic acids is 2. The van der Waals surface area contributed by atoms with E-state index in [1.165, 1.54) is 0 Å². The number of rotatable bonds is 5. The van der Waals surface area contributed by atoms with Gasteiger partial charge in [0.2, 0.25) is 11.8 Å². The SMILES string of the molecule is Cc1cccc(C)c1NC(=O)CNC(=O)C(C)N1CCOCC1. The minimum absolute atomic E-state index is 0.0265. The van der Waals surface area contributed by atoms with E-state index in [1.54, 1.807) is 0 Å². The van der Waals surface area contributed by atoms with Crippen molar-refractivity contribution in [1.82, 2.24) is 10.2 Å². The summed E-state index contributed by atoms with van der Waals surface area (Å²) in [5.41, 5.74) is 2.82. The summed E-state index contributed by atoms with van der Waals surface area (Å²) in [5, 5.41) is 5.57. The van der Waals surface area contributed by atoms with Crippen molar-refractivity contribution in [3.05, 3.63) is 29.3 Å². The lowest BCUT2D eigenvalue weighted by Gasteiger charge is -2.31. The van der Waals surface area contributed by atoms with Crippen LogP contribution in [0.3, 0.4) is 0 Å². The Bertz CT molecular complexity index is 548. The van der Waals surface area contributed by atoms with Crippen molar-refractivity contribution in [2.24, 2.45) is 0 Å². The summed E-state index contributed by atoms with van der Waals surface area (Å²) in [5.74, 6) is -0.353. The quantitative estimate of drug-likeness (QED) is 0.852. The molecule has 1 fully saturated rings. The van der Waals surface area contributed by atoms with Crippen molar-refractivity contribution in [1.29, 1.82) is 0 Å². The Balaban J connectivity index is 1.82. The second-order valence-corrected chi connectivity index (χ2v) is 5.86. The van der Waals surface area contributed by atoms with Crippen molar-refractivity contribution < 1.29 is 14.3 Å². The third-order valence-corrected chi connectivity index (χ3v) is 4.14. The Morgan fingerprint density at radius 3 is 2.43 bits per heavy atom. The van der Waals surface area contributed by atoms with Gasteiger partial charge in [-0.3, -0.25) is 14.5 Å². The molecule has 23 heavy (non-hydrogen) atoms. The molecule has 1 aliphatic heterocycles. The highest BCUT2D eigenvalue weighted by atomic mass is 16.5. The van der Waals surface area contributed by atoms with Crippen LogP contribution in [0, 0.1) is 13.8 Å². The Kier molecular flexibility index (Phi) is 6.12. The molecular weight excluding hydrogens is 294 g/mol. The van der Waals surface area contributed by atoms with Crippen LogP contribution >= 0.6 is 0 Å². The molecule has 1 aliphatic rings. The maximum absolute atomic E-state index is 12.2. The van der Waals surface area contributed by atoms with Gasteiger partial charge in [-0.05, 0) is 31.9 Å². The van der Waals surface area contributed by atoms with Gasteiger partial charge in [0.25, 0.3) is 0 Å². The van der Waals surface area contributed by atoms with Crippen LogP contribution in [0.2, 0.25) is 0 Å². The monoisotopic (exact) mass is 319 g/mol. The molecule has 1 saturated heterocycles. The molecule has 2 amide bonds. The van der Waals surface area contributed by atoms with E-state index in [2.05, 4.69) is 15.5 Å². The standard InChI is InChI=1S/C17H25N3O3/c1-12-5-4-6-13(2)16(12)19-15(21)11-18-17(22)14(3)20-7-9-23-10-8-20/h4-6,14H,7-11H2,1-3H3,(H,18,22)(H,19,21). The van der Waals surface area contributed by atoms with Gasteiger partial charge in [-0.15, -0.1) is 0 Å². The van der Waals surface area contributed by atoms with Crippen LogP contribution in [-0.4, -0.2) is 55.6 Å². The number of anilines is 1. The fourth-order valence-electron chi connectivity index (χ4n) is 2.64. The van der Waals surface area contributed by atoms with Crippen molar-refractivity contribution in [3.63, 3.8) is 0 Å². The summed E-state index contributed by atoms with van der Waals surface area (Å²) in [6, 6.07) is 5.59. The largest absolute Gasteiger partial charge is 0.379 e. The Morgan fingerprint density at radius 1 is 1.22 bits per heavy atom. The lowest BCUT2D eigenvalue weighted by Crippen LogP contribution is -2.50. The smallest absolute Gasteiger partial charge is 0.243 e. The molecule has 2 N–H and O–H groups in total. The van der Waals surface area contributed by atoms with E-state index in [1.807, 2.05) is 39.0 Å². The molecule has 1 aromatic rings. The summed E-state index contributed by atoms with van der Waals surface area (Å²) in [6.45, 7) is 8.48. The van der Waals surface area contributed by atoms with Gasteiger partial charge < -0.3 is 15.4 Å². The zero-order chi connectivity index (χ0) is 16.8. The first-order chi connectivity index (χ1) is 11.0. The first kappa shape index (κ1) is 17.4. The molecule has 126 valence electrons. The lowest BCUT2D eigenvalue weighted by molar-refractivity contribution is -0.129. The van der Waals surface area contributed by atoms with Gasteiger partial charge in [-0.25, -0.2) is 0 Å². The van der Waals surface area contributed by atoms with Gasteiger partial charge in [0, 0.05) is 18.8 Å². The fraction of sp³-hybridized carbons (Fsp3) is 0.529. The Morgan fingerprint density at radius 2 is 1.83 bits per heavy atom. The number of hydrogen-bond donors (Lipinski definition) is 2. The summed E-state index contributed by atoms with van der Waals surface area (Å²) in [7, 11) is 0. The van der Waals surface area contributed by atoms with Gasteiger partial charge in [0.1, 0.15) is 0 Å².